The van der Waals surface area contributed by atoms with E-state index in [1.54, 1.807) is 6.92 Å². The molecule has 0 amide bonds. The van der Waals surface area contributed by atoms with Gasteiger partial charge < -0.3 is 10.8 Å². The van der Waals surface area contributed by atoms with Crippen molar-refractivity contribution in [3.63, 3.8) is 0 Å². The van der Waals surface area contributed by atoms with E-state index in [2.05, 4.69) is 4.72 Å². The van der Waals surface area contributed by atoms with E-state index in [9.17, 15) is 8.42 Å². The standard InChI is InChI=1S/C12H19ClN2O3S/c1-3-12(2,6-7-16)15-19(17,18)11-8-9(13)4-5-10(11)14/h4-5,8,15-16H,3,6-7,14H2,1-2H3. The molecule has 19 heavy (non-hydrogen) atoms. The third-order valence-electron chi connectivity index (χ3n) is 3.09. The maximum Gasteiger partial charge on any atom is 0.243 e. The summed E-state index contributed by atoms with van der Waals surface area (Å²) in [6.07, 6.45) is 0.871. The van der Waals surface area contributed by atoms with Crippen molar-refractivity contribution in [1.29, 1.82) is 0 Å². The zero-order chi connectivity index (χ0) is 14.7. The molecule has 0 saturated carbocycles. The van der Waals surface area contributed by atoms with Crippen molar-refractivity contribution in [2.24, 2.45) is 0 Å². The van der Waals surface area contributed by atoms with Gasteiger partial charge in [0, 0.05) is 17.2 Å². The molecule has 0 aliphatic carbocycles. The summed E-state index contributed by atoms with van der Waals surface area (Å²) in [7, 11) is -3.78. The molecule has 1 unspecified atom stereocenters. The SMILES string of the molecule is CCC(C)(CCO)NS(=O)(=O)c1cc(Cl)ccc1N. The summed E-state index contributed by atoms with van der Waals surface area (Å²) < 4.78 is 27.2. The Labute approximate surface area is 118 Å². The van der Waals surface area contributed by atoms with E-state index in [1.807, 2.05) is 6.92 Å². The van der Waals surface area contributed by atoms with Gasteiger partial charge in [0.2, 0.25) is 10.0 Å². The number of hydrogen-bond donors (Lipinski definition) is 3. The molecule has 0 heterocycles. The van der Waals surface area contributed by atoms with Gasteiger partial charge in [0.25, 0.3) is 0 Å². The fourth-order valence-electron chi connectivity index (χ4n) is 1.67. The highest BCUT2D eigenvalue weighted by molar-refractivity contribution is 7.89. The van der Waals surface area contributed by atoms with Crippen molar-refractivity contribution in [1.82, 2.24) is 4.72 Å². The molecule has 0 aromatic heterocycles. The van der Waals surface area contributed by atoms with Crippen LogP contribution in [-0.4, -0.2) is 25.7 Å². The molecule has 7 heteroatoms. The summed E-state index contributed by atoms with van der Waals surface area (Å²) in [6, 6.07) is 4.29. The van der Waals surface area contributed by atoms with Crippen LogP contribution in [0, 0.1) is 0 Å². The van der Waals surface area contributed by atoms with Gasteiger partial charge in [-0.1, -0.05) is 18.5 Å². The second-order valence-corrected chi connectivity index (χ2v) is 6.76. The molecule has 0 aliphatic rings. The second-order valence-electron chi connectivity index (χ2n) is 4.68. The Morgan fingerprint density at radius 1 is 1.47 bits per heavy atom. The largest absolute Gasteiger partial charge is 0.398 e. The van der Waals surface area contributed by atoms with Gasteiger partial charge in [-0.15, -0.1) is 0 Å². The molecule has 0 saturated heterocycles. The molecule has 1 aromatic rings. The van der Waals surface area contributed by atoms with Crippen molar-refractivity contribution < 1.29 is 13.5 Å². The number of halogens is 1. The lowest BCUT2D eigenvalue weighted by Crippen LogP contribution is -2.46. The van der Waals surface area contributed by atoms with Crippen molar-refractivity contribution in [3.05, 3.63) is 23.2 Å². The van der Waals surface area contributed by atoms with Crippen LogP contribution < -0.4 is 10.5 Å². The number of anilines is 1. The fourth-order valence-corrected chi connectivity index (χ4v) is 3.57. The van der Waals surface area contributed by atoms with E-state index in [0.29, 0.717) is 17.9 Å². The molecule has 1 aromatic carbocycles. The Balaban J connectivity index is 3.14. The highest BCUT2D eigenvalue weighted by Crippen LogP contribution is 2.25. The minimum Gasteiger partial charge on any atom is -0.398 e. The third-order valence-corrected chi connectivity index (χ3v) is 5.02. The van der Waals surface area contributed by atoms with Crippen LogP contribution in [0.1, 0.15) is 26.7 Å². The lowest BCUT2D eigenvalue weighted by atomic mass is 9.97. The Morgan fingerprint density at radius 2 is 2.11 bits per heavy atom. The van der Waals surface area contributed by atoms with Crippen LogP contribution in [0.15, 0.2) is 23.1 Å². The average molecular weight is 307 g/mol. The molecule has 1 atom stereocenters. The van der Waals surface area contributed by atoms with Crippen LogP contribution >= 0.6 is 11.6 Å². The lowest BCUT2D eigenvalue weighted by Gasteiger charge is -2.28. The number of nitrogens with one attached hydrogen (secondary N) is 1. The van der Waals surface area contributed by atoms with E-state index >= 15 is 0 Å². The average Bonchev–Trinajstić information content (AvgIpc) is 2.31. The van der Waals surface area contributed by atoms with Crippen molar-refractivity contribution in [2.75, 3.05) is 12.3 Å². The number of aliphatic hydroxyl groups excluding tert-OH is 1. The van der Waals surface area contributed by atoms with E-state index in [1.165, 1.54) is 18.2 Å². The molecule has 0 fully saturated rings. The maximum absolute atomic E-state index is 12.3. The summed E-state index contributed by atoms with van der Waals surface area (Å²) in [4.78, 5) is -0.0439. The molecule has 4 N–H and O–H groups in total. The second kappa shape index (κ2) is 6.09. The Hall–Kier alpha value is -0.820. The van der Waals surface area contributed by atoms with E-state index < -0.39 is 15.6 Å². The normalized spacial score (nSPS) is 15.2. The molecular weight excluding hydrogens is 288 g/mol. The quantitative estimate of drug-likeness (QED) is 0.698. The van der Waals surface area contributed by atoms with Gasteiger partial charge in [0.1, 0.15) is 4.90 Å². The first-order valence-corrected chi connectivity index (χ1v) is 7.80. The van der Waals surface area contributed by atoms with Gasteiger partial charge in [0.05, 0.1) is 5.69 Å². The first-order valence-electron chi connectivity index (χ1n) is 5.94. The van der Waals surface area contributed by atoms with E-state index in [4.69, 9.17) is 22.4 Å². The molecular formula is C12H19ClN2O3S. The van der Waals surface area contributed by atoms with Gasteiger partial charge in [-0.25, -0.2) is 13.1 Å². The Bertz CT molecular complexity index is 548. The van der Waals surface area contributed by atoms with Crippen LogP contribution in [-0.2, 0) is 10.0 Å². The molecule has 0 bridgehead atoms. The van der Waals surface area contributed by atoms with Crippen LogP contribution in [0.25, 0.3) is 0 Å². The van der Waals surface area contributed by atoms with Crippen molar-refractivity contribution >= 4 is 27.3 Å². The number of nitrogens with two attached hydrogens (primary N) is 1. The Morgan fingerprint density at radius 3 is 2.63 bits per heavy atom. The van der Waals surface area contributed by atoms with Crippen molar-refractivity contribution in [2.45, 2.75) is 37.1 Å². The van der Waals surface area contributed by atoms with E-state index in [0.717, 1.165) is 0 Å². The highest BCUT2D eigenvalue weighted by Gasteiger charge is 2.29. The highest BCUT2D eigenvalue weighted by atomic mass is 35.5. The van der Waals surface area contributed by atoms with Crippen LogP contribution in [0.5, 0.6) is 0 Å². The fraction of sp³-hybridized carbons (Fsp3) is 0.500. The van der Waals surface area contributed by atoms with E-state index in [-0.39, 0.29) is 17.2 Å². The van der Waals surface area contributed by atoms with Gasteiger partial charge in [-0.3, -0.25) is 0 Å². The van der Waals surface area contributed by atoms with Gasteiger partial charge in [-0.05, 0) is 38.0 Å². The summed E-state index contributed by atoms with van der Waals surface area (Å²) >= 11 is 5.80. The summed E-state index contributed by atoms with van der Waals surface area (Å²) in [5.41, 5.74) is 5.10. The number of hydrogen-bond acceptors (Lipinski definition) is 4. The number of rotatable bonds is 6. The number of aliphatic hydroxyl groups is 1. The number of nitrogen functional groups attached to an aromatic ring is 1. The minimum absolute atomic E-state index is 0.0439. The number of benzene rings is 1. The molecule has 108 valence electrons. The number of sulfonamides is 1. The van der Waals surface area contributed by atoms with Crippen LogP contribution in [0.4, 0.5) is 5.69 Å². The predicted molar refractivity (Wildman–Crippen MR) is 76.6 cm³/mol. The molecule has 0 aliphatic heterocycles. The smallest absolute Gasteiger partial charge is 0.243 e. The monoisotopic (exact) mass is 306 g/mol. The van der Waals surface area contributed by atoms with Gasteiger partial charge >= 0.3 is 0 Å². The van der Waals surface area contributed by atoms with Crippen molar-refractivity contribution in [3.8, 4) is 0 Å². The molecule has 0 radical (unpaired) electrons. The maximum atomic E-state index is 12.3. The topological polar surface area (TPSA) is 92.4 Å². The molecule has 1 rings (SSSR count). The Kier molecular flexibility index (Phi) is 5.20. The first kappa shape index (κ1) is 16.2. The lowest BCUT2D eigenvalue weighted by molar-refractivity contribution is 0.233. The zero-order valence-electron chi connectivity index (χ0n) is 11.0. The van der Waals surface area contributed by atoms with Gasteiger partial charge in [0.15, 0.2) is 0 Å². The zero-order valence-corrected chi connectivity index (χ0v) is 12.6. The molecule has 0 spiro atoms. The summed E-state index contributed by atoms with van der Waals surface area (Å²) in [5, 5.41) is 9.32. The van der Waals surface area contributed by atoms with Gasteiger partial charge in [-0.2, -0.15) is 0 Å². The third kappa shape index (κ3) is 4.07. The first-order chi connectivity index (χ1) is 8.74. The van der Waals surface area contributed by atoms with Crippen LogP contribution in [0.3, 0.4) is 0 Å². The summed E-state index contributed by atoms with van der Waals surface area (Å²) in [6.45, 7) is 3.49. The minimum atomic E-state index is -3.78. The van der Waals surface area contributed by atoms with Crippen LogP contribution in [0.2, 0.25) is 5.02 Å². The molecule has 5 nitrogen and oxygen atoms in total. The predicted octanol–water partition coefficient (Wildman–Crippen LogP) is 1.75. The summed E-state index contributed by atoms with van der Waals surface area (Å²) in [5.74, 6) is 0.